The SMILES string of the molecule is CC(CO)C(C)Nc1cc(F)ccc1[N+](=O)[O-]. The number of nitrogens with one attached hydrogen (secondary N) is 1. The van der Waals surface area contributed by atoms with E-state index < -0.39 is 10.7 Å². The van der Waals surface area contributed by atoms with Gasteiger partial charge in [0.1, 0.15) is 11.5 Å². The third kappa shape index (κ3) is 3.39. The van der Waals surface area contributed by atoms with Crippen molar-refractivity contribution in [3.8, 4) is 0 Å². The maximum absolute atomic E-state index is 13.0. The topological polar surface area (TPSA) is 75.4 Å². The van der Waals surface area contributed by atoms with E-state index in [0.717, 1.165) is 18.2 Å². The molecule has 0 aliphatic carbocycles. The Balaban J connectivity index is 2.96. The smallest absolute Gasteiger partial charge is 0.292 e. The van der Waals surface area contributed by atoms with Crippen LogP contribution in [0.15, 0.2) is 18.2 Å². The first kappa shape index (κ1) is 13.4. The van der Waals surface area contributed by atoms with E-state index in [-0.39, 0.29) is 29.9 Å². The molecule has 94 valence electrons. The maximum Gasteiger partial charge on any atom is 0.292 e. The van der Waals surface area contributed by atoms with Crippen LogP contribution in [0.2, 0.25) is 0 Å². The molecular formula is C11H15FN2O3. The second kappa shape index (κ2) is 5.58. The first-order valence-electron chi connectivity index (χ1n) is 5.27. The van der Waals surface area contributed by atoms with Crippen molar-refractivity contribution in [3.05, 3.63) is 34.1 Å². The molecule has 2 unspecified atom stereocenters. The van der Waals surface area contributed by atoms with E-state index in [0.29, 0.717) is 0 Å². The van der Waals surface area contributed by atoms with E-state index in [1.165, 1.54) is 0 Å². The molecule has 0 spiro atoms. The van der Waals surface area contributed by atoms with Gasteiger partial charge in [-0.15, -0.1) is 0 Å². The van der Waals surface area contributed by atoms with Crippen molar-refractivity contribution >= 4 is 11.4 Å². The lowest BCUT2D eigenvalue weighted by Crippen LogP contribution is -2.26. The normalized spacial score (nSPS) is 14.1. The molecule has 1 aromatic rings. The van der Waals surface area contributed by atoms with Crippen LogP contribution in [-0.4, -0.2) is 22.7 Å². The van der Waals surface area contributed by atoms with Crippen molar-refractivity contribution in [1.29, 1.82) is 0 Å². The van der Waals surface area contributed by atoms with Crippen LogP contribution in [0, 0.1) is 21.8 Å². The summed E-state index contributed by atoms with van der Waals surface area (Å²) in [6.07, 6.45) is 0. The minimum absolute atomic E-state index is 0.0444. The Bertz CT molecular complexity index is 412. The molecule has 2 N–H and O–H groups in total. The quantitative estimate of drug-likeness (QED) is 0.612. The zero-order valence-electron chi connectivity index (χ0n) is 9.68. The fourth-order valence-electron chi connectivity index (χ4n) is 1.33. The Kier molecular flexibility index (Phi) is 4.39. The van der Waals surface area contributed by atoms with Gasteiger partial charge in [-0.05, 0) is 18.9 Å². The summed E-state index contributed by atoms with van der Waals surface area (Å²) in [6, 6.07) is 3.05. The van der Waals surface area contributed by atoms with Gasteiger partial charge in [-0.1, -0.05) is 6.92 Å². The Morgan fingerprint density at radius 2 is 2.18 bits per heavy atom. The first-order valence-corrected chi connectivity index (χ1v) is 5.27. The molecule has 0 fully saturated rings. The summed E-state index contributed by atoms with van der Waals surface area (Å²) < 4.78 is 13.0. The Hall–Kier alpha value is -1.69. The summed E-state index contributed by atoms with van der Waals surface area (Å²) in [5.41, 5.74) is -0.0498. The summed E-state index contributed by atoms with van der Waals surface area (Å²) in [4.78, 5) is 10.2. The molecule has 0 saturated carbocycles. The number of nitro groups is 1. The molecular weight excluding hydrogens is 227 g/mol. The average molecular weight is 242 g/mol. The monoisotopic (exact) mass is 242 g/mol. The molecule has 0 bridgehead atoms. The number of hydrogen-bond donors (Lipinski definition) is 2. The second-order valence-electron chi connectivity index (χ2n) is 4.01. The third-order valence-electron chi connectivity index (χ3n) is 2.68. The van der Waals surface area contributed by atoms with Crippen molar-refractivity contribution in [3.63, 3.8) is 0 Å². The summed E-state index contributed by atoms with van der Waals surface area (Å²) in [5, 5.41) is 22.6. The summed E-state index contributed by atoms with van der Waals surface area (Å²) in [7, 11) is 0. The minimum Gasteiger partial charge on any atom is -0.396 e. The van der Waals surface area contributed by atoms with Gasteiger partial charge in [0.2, 0.25) is 0 Å². The lowest BCUT2D eigenvalue weighted by atomic mass is 10.0. The van der Waals surface area contributed by atoms with E-state index in [4.69, 9.17) is 5.11 Å². The van der Waals surface area contributed by atoms with Gasteiger partial charge in [0.15, 0.2) is 0 Å². The van der Waals surface area contributed by atoms with Gasteiger partial charge in [-0.3, -0.25) is 10.1 Å². The van der Waals surface area contributed by atoms with Crippen LogP contribution in [0.1, 0.15) is 13.8 Å². The second-order valence-corrected chi connectivity index (χ2v) is 4.01. The molecule has 0 heterocycles. The van der Waals surface area contributed by atoms with E-state index in [2.05, 4.69) is 5.32 Å². The maximum atomic E-state index is 13.0. The van der Waals surface area contributed by atoms with Gasteiger partial charge < -0.3 is 10.4 Å². The highest BCUT2D eigenvalue weighted by atomic mass is 19.1. The van der Waals surface area contributed by atoms with Gasteiger partial charge in [0.05, 0.1) is 4.92 Å². The number of hydrogen-bond acceptors (Lipinski definition) is 4. The summed E-state index contributed by atoms with van der Waals surface area (Å²) in [6.45, 7) is 3.52. The number of nitro benzene ring substituents is 1. The number of anilines is 1. The van der Waals surface area contributed by atoms with Crippen LogP contribution >= 0.6 is 0 Å². The largest absolute Gasteiger partial charge is 0.396 e. The van der Waals surface area contributed by atoms with Gasteiger partial charge in [0, 0.05) is 24.8 Å². The van der Waals surface area contributed by atoms with E-state index in [1.54, 1.807) is 13.8 Å². The average Bonchev–Trinajstić information content (AvgIpc) is 2.27. The number of aliphatic hydroxyl groups excluding tert-OH is 1. The third-order valence-corrected chi connectivity index (χ3v) is 2.68. The predicted molar refractivity (Wildman–Crippen MR) is 62.4 cm³/mol. The highest BCUT2D eigenvalue weighted by Crippen LogP contribution is 2.26. The zero-order valence-corrected chi connectivity index (χ0v) is 9.68. The first-order chi connectivity index (χ1) is 7.95. The van der Waals surface area contributed by atoms with Crippen molar-refractivity contribution in [1.82, 2.24) is 0 Å². The molecule has 17 heavy (non-hydrogen) atoms. The molecule has 1 rings (SSSR count). The molecule has 1 aromatic carbocycles. The van der Waals surface area contributed by atoms with Gasteiger partial charge in [-0.25, -0.2) is 4.39 Å². The molecule has 0 aliphatic heterocycles. The molecule has 0 radical (unpaired) electrons. The van der Waals surface area contributed by atoms with Crippen LogP contribution in [0.5, 0.6) is 0 Å². The molecule has 0 amide bonds. The van der Waals surface area contributed by atoms with Crippen LogP contribution in [-0.2, 0) is 0 Å². The molecule has 0 aromatic heterocycles. The number of nitrogens with zero attached hydrogens (tertiary/aromatic N) is 1. The minimum atomic E-state index is -0.571. The summed E-state index contributed by atoms with van der Waals surface area (Å²) in [5.74, 6) is -0.625. The van der Waals surface area contributed by atoms with Crippen LogP contribution in [0.4, 0.5) is 15.8 Å². The highest BCUT2D eigenvalue weighted by Gasteiger charge is 2.18. The fraction of sp³-hybridized carbons (Fsp3) is 0.455. The van der Waals surface area contributed by atoms with E-state index in [9.17, 15) is 14.5 Å². The van der Waals surface area contributed by atoms with Crippen molar-refractivity contribution in [2.75, 3.05) is 11.9 Å². The standard InChI is InChI=1S/C11H15FN2O3/c1-7(6-15)8(2)13-10-5-9(12)3-4-11(10)14(16)17/h3-5,7-8,13,15H,6H2,1-2H3. The van der Waals surface area contributed by atoms with E-state index >= 15 is 0 Å². The van der Waals surface area contributed by atoms with Crippen LogP contribution in [0.25, 0.3) is 0 Å². The predicted octanol–water partition coefficient (Wildman–Crippen LogP) is 2.16. The summed E-state index contributed by atoms with van der Waals surface area (Å²) >= 11 is 0. The van der Waals surface area contributed by atoms with E-state index in [1.807, 2.05) is 0 Å². The number of halogens is 1. The number of rotatable bonds is 5. The van der Waals surface area contributed by atoms with Crippen LogP contribution in [0.3, 0.4) is 0 Å². The van der Waals surface area contributed by atoms with Gasteiger partial charge in [0.25, 0.3) is 5.69 Å². The van der Waals surface area contributed by atoms with Gasteiger partial charge in [-0.2, -0.15) is 0 Å². The van der Waals surface area contributed by atoms with Gasteiger partial charge >= 0.3 is 0 Å². The molecule has 6 heteroatoms. The highest BCUT2D eigenvalue weighted by molar-refractivity contribution is 5.61. The lowest BCUT2D eigenvalue weighted by molar-refractivity contribution is -0.384. The fourth-order valence-corrected chi connectivity index (χ4v) is 1.33. The van der Waals surface area contributed by atoms with Crippen molar-refractivity contribution in [2.45, 2.75) is 19.9 Å². The Morgan fingerprint density at radius 1 is 1.53 bits per heavy atom. The Labute approximate surface area is 98.4 Å². The molecule has 0 saturated heterocycles. The molecule has 2 atom stereocenters. The number of aliphatic hydroxyl groups is 1. The molecule has 0 aliphatic rings. The van der Waals surface area contributed by atoms with Crippen molar-refractivity contribution < 1.29 is 14.4 Å². The lowest BCUT2D eigenvalue weighted by Gasteiger charge is -2.20. The number of benzene rings is 1. The zero-order chi connectivity index (χ0) is 13.0. The van der Waals surface area contributed by atoms with Crippen LogP contribution < -0.4 is 5.32 Å². The van der Waals surface area contributed by atoms with Crippen molar-refractivity contribution in [2.24, 2.45) is 5.92 Å². The Morgan fingerprint density at radius 3 is 2.71 bits per heavy atom. The molecule has 5 nitrogen and oxygen atoms in total.